The number of hydrogen-bond donors (Lipinski definition) is 0. The Balaban J connectivity index is 3.06. The van der Waals surface area contributed by atoms with E-state index in [4.69, 9.17) is 0 Å². The molecular weight excluding hydrogens is 322 g/mol. The van der Waals surface area contributed by atoms with Gasteiger partial charge in [0.05, 0.1) is 13.5 Å². The van der Waals surface area contributed by atoms with E-state index in [1.54, 1.807) is 6.21 Å². The van der Waals surface area contributed by atoms with E-state index in [9.17, 15) is 4.79 Å². The Bertz CT molecular complexity index is 315. The lowest BCUT2D eigenvalue weighted by molar-refractivity contribution is -0.139. The van der Waals surface area contributed by atoms with Crippen LogP contribution >= 0.6 is 0 Å². The van der Waals surface area contributed by atoms with Crippen LogP contribution in [-0.4, -0.2) is 25.8 Å². The van der Waals surface area contributed by atoms with Gasteiger partial charge in [-0.1, -0.05) is 110 Å². The summed E-state index contributed by atoms with van der Waals surface area (Å²) in [4.78, 5) is 15.1. The van der Waals surface area contributed by atoms with Crippen molar-refractivity contribution in [1.82, 2.24) is 0 Å². The lowest BCUT2D eigenvalue weighted by atomic mass is 10.0. The van der Waals surface area contributed by atoms with Crippen LogP contribution in [-0.2, 0) is 9.53 Å². The van der Waals surface area contributed by atoms with Crippen LogP contribution in [0.4, 0.5) is 0 Å². The van der Waals surface area contributed by atoms with Gasteiger partial charge in [-0.25, -0.2) is 0 Å². The summed E-state index contributed by atoms with van der Waals surface area (Å²) in [5.74, 6) is -0.212. The molecule has 0 aromatic carbocycles. The van der Waals surface area contributed by atoms with E-state index >= 15 is 0 Å². The van der Waals surface area contributed by atoms with E-state index < -0.39 is 0 Å². The van der Waals surface area contributed by atoms with Crippen molar-refractivity contribution in [3.8, 4) is 0 Å². The topological polar surface area (TPSA) is 38.7 Å². The molecule has 0 radical (unpaired) electrons. The van der Waals surface area contributed by atoms with Crippen molar-refractivity contribution in [2.75, 3.05) is 13.7 Å². The van der Waals surface area contributed by atoms with Gasteiger partial charge in [0.15, 0.2) is 0 Å². The van der Waals surface area contributed by atoms with Gasteiger partial charge < -0.3 is 4.74 Å². The number of carbonyl (C=O) groups is 1. The van der Waals surface area contributed by atoms with Gasteiger partial charge in [-0.15, -0.1) is 0 Å². The zero-order valence-electron chi connectivity index (χ0n) is 17.8. The van der Waals surface area contributed by atoms with Gasteiger partial charge in [0.1, 0.15) is 0 Å². The van der Waals surface area contributed by atoms with Gasteiger partial charge in [-0.05, 0) is 6.42 Å². The molecule has 0 heterocycles. The predicted octanol–water partition coefficient (Wildman–Crippen LogP) is 7.27. The molecule has 0 aliphatic rings. The fraction of sp³-hybridized carbons (Fsp3) is 0.913. The number of methoxy groups -OCH3 is 1. The van der Waals surface area contributed by atoms with Crippen LogP contribution in [0.25, 0.3) is 0 Å². The summed E-state index contributed by atoms with van der Waals surface area (Å²) in [5, 5.41) is 0. The van der Waals surface area contributed by atoms with Crippen molar-refractivity contribution < 1.29 is 9.53 Å². The molecule has 0 N–H and O–H groups in total. The maximum atomic E-state index is 10.9. The van der Waals surface area contributed by atoms with E-state index in [1.807, 2.05) is 0 Å². The molecule has 0 rings (SSSR count). The van der Waals surface area contributed by atoms with Crippen LogP contribution < -0.4 is 0 Å². The van der Waals surface area contributed by atoms with Gasteiger partial charge in [-0.3, -0.25) is 9.79 Å². The number of rotatable bonds is 20. The third-order valence-corrected chi connectivity index (χ3v) is 5.01. The first-order valence-electron chi connectivity index (χ1n) is 11.4. The molecule has 0 atom stereocenters. The SMILES string of the molecule is CCCCCCCCCCCCCCCCCCCN=CCC(=O)OC. The molecule has 0 bridgehead atoms. The zero-order chi connectivity index (χ0) is 19.1. The van der Waals surface area contributed by atoms with Crippen molar-refractivity contribution >= 4 is 12.2 Å². The Labute approximate surface area is 163 Å². The second-order valence-corrected chi connectivity index (χ2v) is 7.53. The predicted molar refractivity (Wildman–Crippen MR) is 114 cm³/mol. The van der Waals surface area contributed by atoms with Crippen LogP contribution in [0.3, 0.4) is 0 Å². The van der Waals surface area contributed by atoms with Crippen LogP contribution in [0.15, 0.2) is 4.99 Å². The first kappa shape index (κ1) is 25.1. The molecule has 0 fully saturated rings. The van der Waals surface area contributed by atoms with Crippen LogP contribution in [0.5, 0.6) is 0 Å². The quantitative estimate of drug-likeness (QED) is 0.129. The molecule has 0 aromatic heterocycles. The average molecular weight is 368 g/mol. The Hall–Kier alpha value is -0.860. The molecule has 26 heavy (non-hydrogen) atoms. The molecule has 0 aromatic rings. The Kier molecular flexibility index (Phi) is 21.4. The number of ether oxygens (including phenoxy) is 1. The highest BCUT2D eigenvalue weighted by molar-refractivity contribution is 5.85. The van der Waals surface area contributed by atoms with E-state index in [0.29, 0.717) is 6.42 Å². The number of hydrogen-bond acceptors (Lipinski definition) is 3. The lowest BCUT2D eigenvalue weighted by Gasteiger charge is -2.03. The van der Waals surface area contributed by atoms with E-state index in [-0.39, 0.29) is 5.97 Å². The molecule has 154 valence electrons. The molecule has 3 nitrogen and oxygen atoms in total. The summed E-state index contributed by atoms with van der Waals surface area (Å²) in [6, 6.07) is 0. The molecule has 0 aliphatic carbocycles. The molecule has 0 unspecified atom stereocenters. The minimum atomic E-state index is -0.212. The molecule has 3 heteroatoms. The second-order valence-electron chi connectivity index (χ2n) is 7.53. The van der Waals surface area contributed by atoms with E-state index in [2.05, 4.69) is 16.7 Å². The smallest absolute Gasteiger partial charge is 0.310 e. The molecule has 0 saturated carbocycles. The Morgan fingerprint density at radius 1 is 0.692 bits per heavy atom. The number of aliphatic imine (C=N–C) groups is 1. The summed E-state index contributed by atoms with van der Waals surface area (Å²) in [6.07, 6.45) is 25.6. The fourth-order valence-corrected chi connectivity index (χ4v) is 3.24. The third kappa shape index (κ3) is 21.2. The zero-order valence-corrected chi connectivity index (χ0v) is 17.8. The van der Waals surface area contributed by atoms with Crippen molar-refractivity contribution in [2.45, 2.75) is 122 Å². The maximum absolute atomic E-state index is 10.9. The normalized spacial score (nSPS) is 11.3. The molecule has 0 amide bonds. The number of carbonyl (C=O) groups excluding carboxylic acids is 1. The summed E-state index contributed by atoms with van der Waals surface area (Å²) in [7, 11) is 1.41. The highest BCUT2D eigenvalue weighted by Crippen LogP contribution is 2.13. The Morgan fingerprint density at radius 2 is 1.08 bits per heavy atom. The van der Waals surface area contributed by atoms with Gasteiger partial charge in [0, 0.05) is 12.8 Å². The van der Waals surface area contributed by atoms with Crippen LogP contribution in [0.1, 0.15) is 122 Å². The maximum Gasteiger partial charge on any atom is 0.310 e. The Morgan fingerprint density at radius 3 is 1.46 bits per heavy atom. The van der Waals surface area contributed by atoms with Crippen molar-refractivity contribution in [2.24, 2.45) is 4.99 Å². The van der Waals surface area contributed by atoms with Crippen LogP contribution in [0, 0.1) is 0 Å². The second kappa shape index (κ2) is 22.2. The number of esters is 1. The van der Waals surface area contributed by atoms with E-state index in [1.165, 1.54) is 110 Å². The largest absolute Gasteiger partial charge is 0.469 e. The summed E-state index contributed by atoms with van der Waals surface area (Å²) in [6.45, 7) is 3.13. The van der Waals surface area contributed by atoms with Gasteiger partial charge in [-0.2, -0.15) is 0 Å². The fourth-order valence-electron chi connectivity index (χ4n) is 3.24. The molecule has 0 saturated heterocycles. The lowest BCUT2D eigenvalue weighted by Crippen LogP contribution is -2.00. The van der Waals surface area contributed by atoms with Crippen LogP contribution in [0.2, 0.25) is 0 Å². The summed E-state index contributed by atoms with van der Waals surface area (Å²) >= 11 is 0. The first-order chi connectivity index (χ1) is 12.8. The monoisotopic (exact) mass is 367 g/mol. The minimum absolute atomic E-state index is 0.212. The summed E-state index contributed by atoms with van der Waals surface area (Å²) < 4.78 is 4.56. The summed E-state index contributed by atoms with van der Waals surface area (Å²) in [5.41, 5.74) is 0. The van der Waals surface area contributed by atoms with Crippen molar-refractivity contribution in [3.05, 3.63) is 0 Å². The highest BCUT2D eigenvalue weighted by atomic mass is 16.5. The standard InChI is InChI=1S/C23H45NO2/c1-3-4-5-6-7-8-9-10-11-12-13-14-15-16-17-18-19-21-24-22-20-23(25)26-2/h22H,3-21H2,1-2H3. The van der Waals surface area contributed by atoms with Crippen molar-refractivity contribution in [1.29, 1.82) is 0 Å². The van der Waals surface area contributed by atoms with Crippen molar-refractivity contribution in [3.63, 3.8) is 0 Å². The third-order valence-electron chi connectivity index (χ3n) is 5.01. The molecule has 0 aliphatic heterocycles. The highest BCUT2D eigenvalue weighted by Gasteiger charge is 1.96. The van der Waals surface area contributed by atoms with Gasteiger partial charge >= 0.3 is 5.97 Å². The molecule has 0 spiro atoms. The first-order valence-corrected chi connectivity index (χ1v) is 11.4. The molecular formula is C23H45NO2. The van der Waals surface area contributed by atoms with E-state index in [0.717, 1.165) is 13.0 Å². The van der Waals surface area contributed by atoms with Gasteiger partial charge in [0.2, 0.25) is 0 Å². The van der Waals surface area contributed by atoms with Gasteiger partial charge in [0.25, 0.3) is 0 Å². The minimum Gasteiger partial charge on any atom is -0.469 e. The average Bonchev–Trinajstić information content (AvgIpc) is 2.66. The number of nitrogens with zero attached hydrogens (tertiary/aromatic N) is 1. The number of unbranched alkanes of at least 4 members (excludes halogenated alkanes) is 16.